The first-order valence-corrected chi connectivity index (χ1v) is 9.29. The van der Waals surface area contributed by atoms with Gasteiger partial charge in [-0.15, -0.1) is 11.3 Å². The van der Waals surface area contributed by atoms with Crippen molar-refractivity contribution in [2.45, 2.75) is 31.0 Å². The maximum absolute atomic E-state index is 12.3. The van der Waals surface area contributed by atoms with Gasteiger partial charge in [-0.2, -0.15) is 0 Å². The van der Waals surface area contributed by atoms with Crippen LogP contribution in [0.15, 0.2) is 38.3 Å². The molecule has 0 aliphatic rings. The Labute approximate surface area is 132 Å². The predicted molar refractivity (Wildman–Crippen MR) is 86.7 cm³/mol. The minimum atomic E-state index is -3.50. The maximum atomic E-state index is 12.3. The van der Waals surface area contributed by atoms with Crippen LogP contribution >= 0.6 is 27.3 Å². The number of benzene rings is 1. The molecule has 0 saturated heterocycles. The van der Waals surface area contributed by atoms with E-state index in [1.807, 2.05) is 32.9 Å². The van der Waals surface area contributed by atoms with E-state index >= 15 is 0 Å². The lowest BCUT2D eigenvalue weighted by Gasteiger charge is -2.17. The third-order valence-corrected chi connectivity index (χ3v) is 7.26. The van der Waals surface area contributed by atoms with Gasteiger partial charge >= 0.3 is 0 Å². The molecule has 108 valence electrons. The summed E-state index contributed by atoms with van der Waals surface area (Å²) in [6, 6.07) is 7.49. The molecule has 0 aliphatic heterocycles. The van der Waals surface area contributed by atoms with Crippen molar-refractivity contribution < 1.29 is 8.42 Å². The van der Waals surface area contributed by atoms with E-state index in [1.165, 1.54) is 16.9 Å². The molecule has 0 saturated carbocycles. The number of hydrogen-bond donors (Lipinski definition) is 1. The molecule has 20 heavy (non-hydrogen) atoms. The fraction of sp³-hybridized carbons (Fsp3) is 0.286. The molecule has 2 rings (SSSR count). The van der Waals surface area contributed by atoms with Crippen LogP contribution < -0.4 is 4.72 Å². The quantitative estimate of drug-likeness (QED) is 0.873. The van der Waals surface area contributed by atoms with Gasteiger partial charge in [-0.05, 0) is 59.3 Å². The van der Waals surface area contributed by atoms with E-state index in [2.05, 4.69) is 26.7 Å². The van der Waals surface area contributed by atoms with Crippen LogP contribution in [-0.4, -0.2) is 8.42 Å². The second-order valence-corrected chi connectivity index (χ2v) is 8.44. The summed E-state index contributed by atoms with van der Waals surface area (Å²) in [5.74, 6) is 0. The zero-order chi connectivity index (χ0) is 14.9. The molecule has 1 aromatic heterocycles. The van der Waals surface area contributed by atoms with Crippen molar-refractivity contribution in [1.82, 2.24) is 4.72 Å². The topological polar surface area (TPSA) is 46.2 Å². The first-order chi connectivity index (χ1) is 9.31. The lowest BCUT2D eigenvalue weighted by atomic mass is 10.0. The molecule has 2 aromatic rings. The van der Waals surface area contributed by atoms with Crippen molar-refractivity contribution in [1.29, 1.82) is 0 Å². The van der Waals surface area contributed by atoms with Crippen molar-refractivity contribution in [3.05, 3.63) is 50.8 Å². The number of rotatable bonds is 4. The highest BCUT2D eigenvalue weighted by Crippen LogP contribution is 2.29. The normalized spacial score (nSPS) is 13.4. The van der Waals surface area contributed by atoms with Gasteiger partial charge < -0.3 is 0 Å². The number of hydrogen-bond acceptors (Lipinski definition) is 3. The van der Waals surface area contributed by atoms with Crippen LogP contribution in [0.2, 0.25) is 0 Å². The highest BCUT2D eigenvalue weighted by Gasteiger charge is 2.22. The van der Waals surface area contributed by atoms with E-state index < -0.39 is 10.0 Å². The lowest BCUT2D eigenvalue weighted by molar-refractivity contribution is 0.568. The van der Waals surface area contributed by atoms with Crippen LogP contribution in [0.3, 0.4) is 0 Å². The van der Waals surface area contributed by atoms with Crippen molar-refractivity contribution in [2.24, 2.45) is 0 Å². The number of thiophene rings is 1. The highest BCUT2D eigenvalue weighted by molar-refractivity contribution is 9.10. The summed E-state index contributed by atoms with van der Waals surface area (Å²) in [6.07, 6.45) is 0. The highest BCUT2D eigenvalue weighted by atomic mass is 79.9. The van der Waals surface area contributed by atoms with Gasteiger partial charge in [0.2, 0.25) is 0 Å². The Hall–Kier alpha value is -0.690. The summed E-state index contributed by atoms with van der Waals surface area (Å²) in [5.41, 5.74) is 3.25. The van der Waals surface area contributed by atoms with Gasteiger partial charge in [0.25, 0.3) is 10.0 Å². The zero-order valence-corrected chi connectivity index (χ0v) is 14.7. The van der Waals surface area contributed by atoms with E-state index in [9.17, 15) is 8.42 Å². The Balaban J connectivity index is 2.28. The molecule has 0 aliphatic carbocycles. The molecule has 0 fully saturated rings. The van der Waals surface area contributed by atoms with Gasteiger partial charge in [0.15, 0.2) is 0 Å². The zero-order valence-electron chi connectivity index (χ0n) is 11.5. The Morgan fingerprint density at radius 3 is 2.50 bits per heavy atom. The molecule has 1 heterocycles. The molecule has 0 radical (unpaired) electrons. The van der Waals surface area contributed by atoms with E-state index in [-0.39, 0.29) is 6.04 Å². The molecule has 1 N–H and O–H groups in total. The second kappa shape index (κ2) is 5.97. The summed E-state index contributed by atoms with van der Waals surface area (Å²) >= 11 is 4.47. The van der Waals surface area contributed by atoms with Crippen LogP contribution in [0.1, 0.15) is 29.7 Å². The number of nitrogens with one attached hydrogen (secondary N) is 1. The predicted octanol–water partition coefficient (Wildman–Crippen LogP) is 4.17. The van der Waals surface area contributed by atoms with Crippen molar-refractivity contribution in [2.75, 3.05) is 0 Å². The van der Waals surface area contributed by atoms with Gasteiger partial charge in [-0.1, -0.05) is 23.8 Å². The minimum absolute atomic E-state index is 0.269. The van der Waals surface area contributed by atoms with Gasteiger partial charge in [0, 0.05) is 10.5 Å². The Bertz CT molecular complexity index is 723. The molecular formula is C14H16BrNO2S2. The summed E-state index contributed by atoms with van der Waals surface area (Å²) in [5, 5.41) is 1.75. The Kier molecular flexibility index (Phi) is 4.69. The number of aryl methyl sites for hydroxylation is 2. The first kappa shape index (κ1) is 15.7. The molecule has 1 unspecified atom stereocenters. The van der Waals surface area contributed by atoms with Gasteiger partial charge in [-0.25, -0.2) is 13.1 Å². The SMILES string of the molecule is Cc1ccc(C(C)NS(=O)(=O)c2sccc2Br)c(C)c1. The summed E-state index contributed by atoms with van der Waals surface area (Å²) in [6.45, 7) is 5.87. The lowest BCUT2D eigenvalue weighted by Crippen LogP contribution is -2.27. The van der Waals surface area contributed by atoms with Crippen LogP contribution in [0.5, 0.6) is 0 Å². The largest absolute Gasteiger partial charge is 0.251 e. The van der Waals surface area contributed by atoms with Gasteiger partial charge in [0.05, 0.1) is 0 Å². The van der Waals surface area contributed by atoms with Gasteiger partial charge in [0.1, 0.15) is 4.21 Å². The smallest absolute Gasteiger partial charge is 0.206 e. The van der Waals surface area contributed by atoms with E-state index in [1.54, 1.807) is 11.4 Å². The molecule has 1 atom stereocenters. The van der Waals surface area contributed by atoms with Crippen molar-refractivity contribution in [3.63, 3.8) is 0 Å². The molecule has 3 nitrogen and oxygen atoms in total. The molecule has 0 bridgehead atoms. The Morgan fingerprint density at radius 2 is 1.95 bits per heavy atom. The minimum Gasteiger partial charge on any atom is -0.206 e. The molecule has 6 heteroatoms. The first-order valence-electron chi connectivity index (χ1n) is 6.14. The maximum Gasteiger partial charge on any atom is 0.251 e. The Morgan fingerprint density at radius 1 is 1.25 bits per heavy atom. The number of halogens is 1. The fourth-order valence-corrected chi connectivity index (χ4v) is 5.71. The van der Waals surface area contributed by atoms with Crippen LogP contribution in [0.4, 0.5) is 0 Å². The summed E-state index contributed by atoms with van der Waals surface area (Å²) in [7, 11) is -3.50. The van der Waals surface area contributed by atoms with Crippen LogP contribution in [0.25, 0.3) is 0 Å². The van der Waals surface area contributed by atoms with Crippen molar-refractivity contribution >= 4 is 37.3 Å². The van der Waals surface area contributed by atoms with Gasteiger partial charge in [-0.3, -0.25) is 0 Å². The third kappa shape index (κ3) is 3.31. The standard InChI is InChI=1S/C14H16BrNO2S2/c1-9-4-5-12(10(2)8-9)11(3)16-20(17,18)14-13(15)6-7-19-14/h4-8,11,16H,1-3H3. The number of sulfonamides is 1. The molecule has 0 spiro atoms. The molecule has 0 amide bonds. The van der Waals surface area contributed by atoms with E-state index in [0.29, 0.717) is 8.68 Å². The van der Waals surface area contributed by atoms with Crippen molar-refractivity contribution in [3.8, 4) is 0 Å². The fourth-order valence-electron chi connectivity index (χ4n) is 2.13. The second-order valence-electron chi connectivity index (χ2n) is 4.76. The van der Waals surface area contributed by atoms with Crippen LogP contribution in [-0.2, 0) is 10.0 Å². The van der Waals surface area contributed by atoms with E-state index in [4.69, 9.17) is 0 Å². The third-order valence-electron chi connectivity index (χ3n) is 3.05. The molecule has 1 aromatic carbocycles. The van der Waals surface area contributed by atoms with E-state index in [0.717, 1.165) is 11.1 Å². The summed E-state index contributed by atoms with van der Waals surface area (Å²) in [4.78, 5) is 0. The molecular weight excluding hydrogens is 358 g/mol. The average Bonchev–Trinajstić information content (AvgIpc) is 2.75. The van der Waals surface area contributed by atoms with Crippen LogP contribution in [0, 0.1) is 13.8 Å². The average molecular weight is 374 g/mol. The monoisotopic (exact) mass is 373 g/mol. The summed E-state index contributed by atoms with van der Waals surface area (Å²) < 4.78 is 28.3.